The summed E-state index contributed by atoms with van der Waals surface area (Å²) in [7, 11) is 1.47. The SMILES string of the molecule is COC(=O)NC12CC3CC(C1)CC(NC1CC1)(C3)C2. The van der Waals surface area contributed by atoms with Gasteiger partial charge in [0.15, 0.2) is 0 Å². The molecule has 2 atom stereocenters. The molecule has 2 unspecified atom stereocenters. The van der Waals surface area contributed by atoms with E-state index in [0.717, 1.165) is 37.1 Å². The molecule has 5 aliphatic carbocycles. The predicted molar refractivity (Wildman–Crippen MR) is 71.8 cm³/mol. The largest absolute Gasteiger partial charge is 0.453 e. The van der Waals surface area contributed by atoms with Crippen LogP contribution in [0.5, 0.6) is 0 Å². The van der Waals surface area contributed by atoms with Crippen molar-refractivity contribution in [2.45, 2.75) is 68.5 Å². The average Bonchev–Trinajstić information content (AvgIpc) is 3.09. The number of rotatable bonds is 3. The number of amides is 1. The van der Waals surface area contributed by atoms with Crippen LogP contribution in [0.2, 0.25) is 0 Å². The Morgan fingerprint density at radius 2 is 1.74 bits per heavy atom. The maximum atomic E-state index is 11.7. The van der Waals surface area contributed by atoms with Crippen LogP contribution in [-0.2, 0) is 4.74 Å². The van der Waals surface area contributed by atoms with E-state index in [1.54, 1.807) is 0 Å². The first kappa shape index (κ1) is 12.0. The predicted octanol–water partition coefficient (Wildman–Crippen LogP) is 2.19. The monoisotopic (exact) mass is 264 g/mol. The number of hydrogen-bond acceptors (Lipinski definition) is 3. The highest BCUT2D eigenvalue weighted by Crippen LogP contribution is 2.58. The minimum atomic E-state index is -0.247. The van der Waals surface area contributed by atoms with Crippen LogP contribution in [0.3, 0.4) is 0 Å². The first-order chi connectivity index (χ1) is 9.10. The fourth-order valence-electron chi connectivity index (χ4n) is 5.51. The van der Waals surface area contributed by atoms with E-state index in [1.807, 2.05) is 0 Å². The van der Waals surface area contributed by atoms with Crippen molar-refractivity contribution in [3.63, 3.8) is 0 Å². The van der Waals surface area contributed by atoms with Gasteiger partial charge in [-0.1, -0.05) is 0 Å². The molecule has 2 N–H and O–H groups in total. The van der Waals surface area contributed by atoms with Crippen molar-refractivity contribution in [2.24, 2.45) is 11.8 Å². The lowest BCUT2D eigenvalue weighted by Crippen LogP contribution is -2.69. The van der Waals surface area contributed by atoms with Gasteiger partial charge in [0.2, 0.25) is 0 Å². The summed E-state index contributed by atoms with van der Waals surface area (Å²) in [6.07, 6.45) is 9.89. The zero-order valence-corrected chi connectivity index (χ0v) is 11.7. The fraction of sp³-hybridized carbons (Fsp3) is 0.933. The van der Waals surface area contributed by atoms with Gasteiger partial charge < -0.3 is 15.4 Å². The topological polar surface area (TPSA) is 50.4 Å². The molecule has 4 nitrogen and oxygen atoms in total. The second kappa shape index (κ2) is 3.87. The Kier molecular flexibility index (Phi) is 2.45. The molecule has 0 saturated heterocycles. The Hall–Kier alpha value is -0.770. The molecule has 19 heavy (non-hydrogen) atoms. The van der Waals surface area contributed by atoms with Gasteiger partial charge in [0.05, 0.1) is 7.11 Å². The molecule has 106 valence electrons. The molecule has 5 rings (SSSR count). The van der Waals surface area contributed by atoms with Crippen molar-refractivity contribution in [3.8, 4) is 0 Å². The van der Waals surface area contributed by atoms with Crippen molar-refractivity contribution in [1.29, 1.82) is 0 Å². The highest BCUT2D eigenvalue weighted by molar-refractivity contribution is 5.68. The van der Waals surface area contributed by atoms with Crippen LogP contribution >= 0.6 is 0 Å². The maximum Gasteiger partial charge on any atom is 0.407 e. The summed E-state index contributed by atoms with van der Waals surface area (Å²) in [5.41, 5.74) is 0.325. The number of alkyl carbamates (subject to hydrolysis) is 1. The van der Waals surface area contributed by atoms with Crippen molar-refractivity contribution >= 4 is 6.09 Å². The summed E-state index contributed by atoms with van der Waals surface area (Å²) >= 11 is 0. The highest BCUT2D eigenvalue weighted by Gasteiger charge is 2.59. The third kappa shape index (κ3) is 2.04. The van der Waals surface area contributed by atoms with Crippen LogP contribution in [0, 0.1) is 11.8 Å². The molecule has 5 aliphatic rings. The van der Waals surface area contributed by atoms with E-state index in [0.29, 0.717) is 5.54 Å². The van der Waals surface area contributed by atoms with Gasteiger partial charge in [0, 0.05) is 17.1 Å². The molecule has 5 saturated carbocycles. The van der Waals surface area contributed by atoms with Gasteiger partial charge in [-0.25, -0.2) is 4.79 Å². The number of hydrogen-bond donors (Lipinski definition) is 2. The molecule has 0 heterocycles. The lowest BCUT2D eigenvalue weighted by atomic mass is 9.50. The van der Waals surface area contributed by atoms with Crippen molar-refractivity contribution < 1.29 is 9.53 Å². The first-order valence-electron chi connectivity index (χ1n) is 7.74. The molecule has 0 aromatic heterocycles. The Balaban J connectivity index is 1.58. The summed E-state index contributed by atoms with van der Waals surface area (Å²) in [5, 5.41) is 7.11. The molecule has 4 heteroatoms. The number of ether oxygens (including phenoxy) is 1. The molecule has 0 aromatic carbocycles. The van der Waals surface area contributed by atoms with E-state index >= 15 is 0 Å². The summed E-state index contributed by atoms with van der Waals surface area (Å²) in [4.78, 5) is 11.7. The first-order valence-corrected chi connectivity index (χ1v) is 7.74. The van der Waals surface area contributed by atoms with Gasteiger partial charge in [0.1, 0.15) is 0 Å². The van der Waals surface area contributed by atoms with Gasteiger partial charge in [-0.2, -0.15) is 0 Å². The minimum Gasteiger partial charge on any atom is -0.453 e. The van der Waals surface area contributed by atoms with E-state index in [4.69, 9.17) is 4.74 Å². The normalized spacial score (nSPS) is 47.2. The van der Waals surface area contributed by atoms with Crippen LogP contribution < -0.4 is 10.6 Å². The van der Waals surface area contributed by atoms with Gasteiger partial charge in [0.25, 0.3) is 0 Å². The zero-order valence-electron chi connectivity index (χ0n) is 11.7. The molecule has 0 aliphatic heterocycles. The number of carbonyl (C=O) groups is 1. The molecule has 1 amide bonds. The Morgan fingerprint density at radius 3 is 2.32 bits per heavy atom. The Labute approximate surface area is 114 Å². The minimum absolute atomic E-state index is 0.0130. The van der Waals surface area contributed by atoms with Crippen LogP contribution in [0.15, 0.2) is 0 Å². The highest BCUT2D eigenvalue weighted by atomic mass is 16.5. The van der Waals surface area contributed by atoms with E-state index in [-0.39, 0.29) is 11.6 Å². The van der Waals surface area contributed by atoms with E-state index < -0.39 is 0 Å². The lowest BCUT2D eigenvalue weighted by molar-refractivity contribution is -0.0504. The van der Waals surface area contributed by atoms with Crippen molar-refractivity contribution in [1.82, 2.24) is 10.6 Å². The maximum absolute atomic E-state index is 11.7. The summed E-state index contributed by atoms with van der Waals surface area (Å²) in [5.74, 6) is 1.59. The molecular formula is C15H24N2O2. The molecule has 0 spiro atoms. The third-order valence-electron chi connectivity index (χ3n) is 5.70. The van der Waals surface area contributed by atoms with Gasteiger partial charge in [-0.15, -0.1) is 0 Å². The summed E-state index contributed by atoms with van der Waals surface area (Å²) < 4.78 is 4.85. The lowest BCUT2D eigenvalue weighted by Gasteiger charge is -2.62. The Morgan fingerprint density at radius 1 is 1.11 bits per heavy atom. The van der Waals surface area contributed by atoms with E-state index in [1.165, 1.54) is 39.2 Å². The quantitative estimate of drug-likeness (QED) is 0.821. The molecule has 0 radical (unpaired) electrons. The second-order valence-electron chi connectivity index (χ2n) is 7.56. The van der Waals surface area contributed by atoms with Crippen LogP contribution in [0.25, 0.3) is 0 Å². The van der Waals surface area contributed by atoms with Crippen molar-refractivity contribution in [3.05, 3.63) is 0 Å². The third-order valence-corrected chi connectivity index (χ3v) is 5.70. The molecule has 5 fully saturated rings. The van der Waals surface area contributed by atoms with Gasteiger partial charge in [-0.05, 0) is 63.2 Å². The average molecular weight is 264 g/mol. The summed E-state index contributed by atoms with van der Waals surface area (Å²) in [6, 6.07) is 0.756. The molecular weight excluding hydrogens is 240 g/mol. The Bertz CT molecular complexity index is 385. The molecule has 4 bridgehead atoms. The zero-order chi connectivity index (χ0) is 13.1. The fourth-order valence-corrected chi connectivity index (χ4v) is 5.51. The van der Waals surface area contributed by atoms with E-state index in [2.05, 4.69) is 10.6 Å². The number of carbonyl (C=O) groups excluding carboxylic acids is 1. The number of methoxy groups -OCH3 is 1. The second-order valence-corrected chi connectivity index (χ2v) is 7.56. The van der Waals surface area contributed by atoms with Gasteiger partial charge >= 0.3 is 6.09 Å². The van der Waals surface area contributed by atoms with E-state index in [9.17, 15) is 4.79 Å². The van der Waals surface area contributed by atoms with Crippen molar-refractivity contribution in [2.75, 3.05) is 7.11 Å². The standard InChI is InChI=1S/C15H24N2O2/c1-19-13(18)17-15-7-10-4-11(8-15)6-14(5-10,9-15)16-12-2-3-12/h10-12,16H,2-9H2,1H3,(H,17,18). The summed E-state index contributed by atoms with van der Waals surface area (Å²) in [6.45, 7) is 0. The van der Waals surface area contributed by atoms with Crippen LogP contribution in [0.4, 0.5) is 4.79 Å². The molecule has 0 aromatic rings. The number of nitrogens with one attached hydrogen (secondary N) is 2. The van der Waals surface area contributed by atoms with Crippen LogP contribution in [0.1, 0.15) is 51.4 Å². The smallest absolute Gasteiger partial charge is 0.407 e. The van der Waals surface area contributed by atoms with Gasteiger partial charge in [-0.3, -0.25) is 0 Å². The van der Waals surface area contributed by atoms with Crippen LogP contribution in [-0.4, -0.2) is 30.3 Å².